The van der Waals surface area contributed by atoms with E-state index in [0.29, 0.717) is 0 Å². The summed E-state index contributed by atoms with van der Waals surface area (Å²) in [6.07, 6.45) is 21.3. The van der Waals surface area contributed by atoms with Crippen LogP contribution < -0.4 is 0 Å². The van der Waals surface area contributed by atoms with E-state index in [1.807, 2.05) is 0 Å². The van der Waals surface area contributed by atoms with Gasteiger partial charge in [0, 0.05) is 19.6 Å². The highest BCUT2D eigenvalue weighted by Crippen LogP contribution is 2.15. The van der Waals surface area contributed by atoms with Crippen LogP contribution in [-0.2, 0) is 0 Å². The van der Waals surface area contributed by atoms with Gasteiger partial charge < -0.3 is 4.90 Å². The molecule has 180 valence electrons. The van der Waals surface area contributed by atoms with Gasteiger partial charge in [0.2, 0.25) is 0 Å². The molecule has 0 aliphatic heterocycles. The lowest BCUT2D eigenvalue weighted by Crippen LogP contribution is -2.55. The van der Waals surface area contributed by atoms with Crippen LogP contribution in [-0.4, -0.2) is 55.6 Å². The highest BCUT2D eigenvalue weighted by Gasteiger charge is 2.29. The molecule has 0 N–H and O–H groups in total. The molecule has 0 radical (unpaired) electrons. The van der Waals surface area contributed by atoms with Crippen molar-refractivity contribution in [2.24, 2.45) is 4.99 Å². The van der Waals surface area contributed by atoms with E-state index in [0.717, 1.165) is 11.0 Å². The largest absolute Gasteiger partial charge is 0.311 e. The lowest BCUT2D eigenvalue weighted by molar-refractivity contribution is -0.805. The number of aliphatic imine (C=N–C) groups is 1. The number of nitrogens with zero attached hydrogens (tertiary/aromatic N) is 3. The van der Waals surface area contributed by atoms with Crippen molar-refractivity contribution in [2.45, 2.75) is 130 Å². The van der Waals surface area contributed by atoms with Crippen molar-refractivity contribution in [1.82, 2.24) is 4.90 Å². The van der Waals surface area contributed by atoms with Gasteiger partial charge in [-0.3, -0.25) is 4.48 Å². The van der Waals surface area contributed by atoms with E-state index in [4.69, 9.17) is 4.99 Å². The molecule has 0 unspecified atom stereocenters. The standard InChI is InChI=1S/C27H58N3/c1-7-11-15-19-23-28-27(30(5,6)26-22-18-14-10-4)29(24-20-16-12-8-2)25-21-17-13-9-3/h7-26H2,1-6H3/q+1. The molecule has 0 aromatic heterocycles. The third-order valence-corrected chi connectivity index (χ3v) is 6.22. The lowest BCUT2D eigenvalue weighted by Gasteiger charge is -2.37. The van der Waals surface area contributed by atoms with Crippen LogP contribution in [0, 0.1) is 0 Å². The smallest absolute Gasteiger partial charge is 0.299 e. The van der Waals surface area contributed by atoms with Crippen molar-refractivity contribution in [3.05, 3.63) is 0 Å². The van der Waals surface area contributed by atoms with E-state index in [-0.39, 0.29) is 0 Å². The van der Waals surface area contributed by atoms with Crippen LogP contribution in [0.25, 0.3) is 0 Å². The Hall–Kier alpha value is -0.570. The molecule has 3 heteroatoms. The first-order valence-corrected chi connectivity index (χ1v) is 13.7. The predicted molar refractivity (Wildman–Crippen MR) is 137 cm³/mol. The third kappa shape index (κ3) is 15.3. The van der Waals surface area contributed by atoms with Gasteiger partial charge in [0.1, 0.15) is 0 Å². The molecule has 3 nitrogen and oxygen atoms in total. The highest BCUT2D eigenvalue weighted by molar-refractivity contribution is 5.73. The lowest BCUT2D eigenvalue weighted by atomic mass is 10.1. The second-order valence-electron chi connectivity index (χ2n) is 9.82. The molecular weight excluding hydrogens is 366 g/mol. The molecule has 0 fully saturated rings. The Morgan fingerprint density at radius 3 is 1.47 bits per heavy atom. The Morgan fingerprint density at radius 2 is 1.00 bits per heavy atom. The Balaban J connectivity index is 5.21. The second-order valence-corrected chi connectivity index (χ2v) is 9.82. The molecule has 0 aromatic rings. The summed E-state index contributed by atoms with van der Waals surface area (Å²) in [5.41, 5.74) is 0. The van der Waals surface area contributed by atoms with E-state index in [9.17, 15) is 0 Å². The van der Waals surface area contributed by atoms with E-state index in [2.05, 4.69) is 46.7 Å². The minimum atomic E-state index is 0.957. The van der Waals surface area contributed by atoms with E-state index < -0.39 is 0 Å². The molecule has 0 atom stereocenters. The monoisotopic (exact) mass is 424 g/mol. The molecule has 0 saturated heterocycles. The van der Waals surface area contributed by atoms with Crippen molar-refractivity contribution in [1.29, 1.82) is 0 Å². The third-order valence-electron chi connectivity index (χ3n) is 6.22. The van der Waals surface area contributed by atoms with E-state index >= 15 is 0 Å². The fourth-order valence-electron chi connectivity index (χ4n) is 4.20. The van der Waals surface area contributed by atoms with Crippen LogP contribution in [0.4, 0.5) is 0 Å². The van der Waals surface area contributed by atoms with E-state index in [1.165, 1.54) is 128 Å². The van der Waals surface area contributed by atoms with Gasteiger partial charge >= 0.3 is 0 Å². The topological polar surface area (TPSA) is 15.6 Å². The van der Waals surface area contributed by atoms with Gasteiger partial charge in [0.25, 0.3) is 5.96 Å². The van der Waals surface area contributed by atoms with Gasteiger partial charge in [-0.1, -0.05) is 98.3 Å². The molecular formula is C27H58N3+. The van der Waals surface area contributed by atoms with Crippen molar-refractivity contribution in [3.8, 4) is 0 Å². The van der Waals surface area contributed by atoms with Gasteiger partial charge in [-0.2, -0.15) is 0 Å². The second kappa shape index (κ2) is 20.3. The Morgan fingerprint density at radius 1 is 0.567 bits per heavy atom. The molecule has 0 heterocycles. The van der Waals surface area contributed by atoms with Crippen LogP contribution in [0.15, 0.2) is 4.99 Å². The molecule has 0 spiro atoms. The zero-order valence-electron chi connectivity index (χ0n) is 22.0. The summed E-state index contributed by atoms with van der Waals surface area (Å²) in [6, 6.07) is 0. The fourth-order valence-corrected chi connectivity index (χ4v) is 4.20. The summed E-state index contributed by atoms with van der Waals surface area (Å²) in [4.78, 5) is 7.96. The summed E-state index contributed by atoms with van der Waals surface area (Å²) in [5.74, 6) is 1.37. The van der Waals surface area contributed by atoms with Gasteiger partial charge in [0.15, 0.2) is 0 Å². The Bertz CT molecular complexity index is 378. The molecule has 0 aromatic carbocycles. The highest BCUT2D eigenvalue weighted by atomic mass is 15.5. The molecule has 0 aliphatic rings. The minimum absolute atomic E-state index is 0.957. The number of guanidine groups is 1. The SMILES string of the molecule is CCCCCCN=C(N(CCCCCC)CCCCCC)[N+](C)(C)CCCCCC. The molecule has 0 aliphatic carbocycles. The molecule has 0 rings (SSSR count). The van der Waals surface area contributed by atoms with Crippen molar-refractivity contribution >= 4 is 5.96 Å². The van der Waals surface area contributed by atoms with Crippen LogP contribution in [0.3, 0.4) is 0 Å². The normalized spacial score (nSPS) is 12.5. The van der Waals surface area contributed by atoms with Crippen LogP contribution in [0.1, 0.15) is 130 Å². The van der Waals surface area contributed by atoms with Gasteiger partial charge in [-0.15, -0.1) is 0 Å². The average Bonchev–Trinajstić information content (AvgIpc) is 2.73. The quantitative estimate of drug-likeness (QED) is 0.0835. The van der Waals surface area contributed by atoms with Gasteiger partial charge in [-0.25, -0.2) is 4.99 Å². The molecule has 0 saturated carbocycles. The Kier molecular flexibility index (Phi) is 20.0. The number of rotatable bonds is 20. The van der Waals surface area contributed by atoms with Gasteiger partial charge in [-0.05, 0) is 32.1 Å². The first-order valence-electron chi connectivity index (χ1n) is 13.7. The maximum absolute atomic E-state index is 5.28. The van der Waals surface area contributed by atoms with Crippen LogP contribution in [0.5, 0.6) is 0 Å². The number of unbranched alkanes of at least 4 members (excludes halogenated alkanes) is 12. The molecule has 0 amide bonds. The first kappa shape index (κ1) is 29.4. The van der Waals surface area contributed by atoms with Crippen molar-refractivity contribution in [3.63, 3.8) is 0 Å². The zero-order valence-corrected chi connectivity index (χ0v) is 22.0. The average molecular weight is 425 g/mol. The molecule has 0 bridgehead atoms. The Labute approximate surface area is 191 Å². The summed E-state index contributed by atoms with van der Waals surface area (Å²) < 4.78 is 0.957. The fraction of sp³-hybridized carbons (Fsp3) is 0.963. The summed E-state index contributed by atoms with van der Waals surface area (Å²) in [6.45, 7) is 13.8. The zero-order chi connectivity index (χ0) is 22.5. The minimum Gasteiger partial charge on any atom is -0.311 e. The maximum atomic E-state index is 5.28. The van der Waals surface area contributed by atoms with Crippen LogP contribution in [0.2, 0.25) is 0 Å². The predicted octanol–water partition coefficient (Wildman–Crippen LogP) is 8.04. The first-order chi connectivity index (χ1) is 14.5. The maximum Gasteiger partial charge on any atom is 0.299 e. The van der Waals surface area contributed by atoms with Crippen molar-refractivity contribution in [2.75, 3.05) is 40.3 Å². The summed E-state index contributed by atoms with van der Waals surface area (Å²) in [5, 5.41) is 0. The summed E-state index contributed by atoms with van der Waals surface area (Å²) >= 11 is 0. The van der Waals surface area contributed by atoms with Crippen molar-refractivity contribution < 1.29 is 4.48 Å². The number of quaternary nitrogens is 1. The summed E-state index contributed by atoms with van der Waals surface area (Å²) in [7, 11) is 4.81. The number of hydrogen-bond donors (Lipinski definition) is 0. The van der Waals surface area contributed by atoms with Crippen LogP contribution >= 0.6 is 0 Å². The number of hydrogen-bond acceptors (Lipinski definition) is 1. The molecule has 30 heavy (non-hydrogen) atoms. The van der Waals surface area contributed by atoms with E-state index in [1.54, 1.807) is 0 Å². The van der Waals surface area contributed by atoms with Gasteiger partial charge in [0.05, 0.1) is 20.6 Å².